The zero-order valence-corrected chi connectivity index (χ0v) is 8.56. The van der Waals surface area contributed by atoms with E-state index in [2.05, 4.69) is 5.32 Å². The molecule has 0 radical (unpaired) electrons. The highest BCUT2D eigenvalue weighted by atomic mass is 16.5. The van der Waals surface area contributed by atoms with Crippen molar-refractivity contribution in [2.45, 2.75) is 12.0 Å². The largest absolute Gasteiger partial charge is 0.369 e. The fourth-order valence-corrected chi connectivity index (χ4v) is 1.90. The maximum absolute atomic E-state index is 10.9. The Hall–Kier alpha value is -1.19. The van der Waals surface area contributed by atoms with Crippen LogP contribution in [0.5, 0.6) is 0 Å². The van der Waals surface area contributed by atoms with Gasteiger partial charge in [-0.2, -0.15) is 0 Å². The van der Waals surface area contributed by atoms with Crippen molar-refractivity contribution in [3.8, 4) is 0 Å². The molecule has 0 spiro atoms. The summed E-state index contributed by atoms with van der Waals surface area (Å²) in [6, 6.07) is 10.0. The number of aldehydes is 1. The van der Waals surface area contributed by atoms with Gasteiger partial charge in [-0.05, 0) is 5.56 Å². The van der Waals surface area contributed by atoms with Gasteiger partial charge in [0.05, 0.1) is 6.61 Å². The Morgan fingerprint density at radius 2 is 2.13 bits per heavy atom. The summed E-state index contributed by atoms with van der Waals surface area (Å²) in [6.45, 7) is 2.22. The maximum Gasteiger partial charge on any atom is 0.149 e. The molecule has 0 amide bonds. The minimum Gasteiger partial charge on any atom is -0.369 e. The summed E-state index contributed by atoms with van der Waals surface area (Å²) in [7, 11) is 0. The predicted molar refractivity (Wildman–Crippen MR) is 57.9 cm³/mol. The minimum absolute atomic E-state index is 0.131. The Morgan fingerprint density at radius 3 is 2.87 bits per heavy atom. The van der Waals surface area contributed by atoms with Crippen LogP contribution in [0.3, 0.4) is 0 Å². The van der Waals surface area contributed by atoms with Gasteiger partial charge in [0.2, 0.25) is 0 Å². The van der Waals surface area contributed by atoms with Crippen molar-refractivity contribution >= 4 is 6.29 Å². The summed E-state index contributed by atoms with van der Waals surface area (Å²) in [6.07, 6.45) is 0.590. The molecule has 15 heavy (non-hydrogen) atoms. The van der Waals surface area contributed by atoms with E-state index in [1.807, 2.05) is 30.3 Å². The van der Waals surface area contributed by atoms with Gasteiger partial charge in [-0.15, -0.1) is 0 Å². The van der Waals surface area contributed by atoms with E-state index in [0.717, 1.165) is 24.9 Å². The molecule has 80 valence electrons. The highest BCUT2D eigenvalue weighted by molar-refractivity contribution is 5.58. The third-order valence-corrected chi connectivity index (χ3v) is 2.71. The normalized spacial score (nSPS) is 26.9. The lowest BCUT2D eigenvalue weighted by Crippen LogP contribution is -2.27. The van der Waals surface area contributed by atoms with Crippen molar-refractivity contribution < 1.29 is 9.53 Å². The van der Waals surface area contributed by atoms with E-state index in [9.17, 15) is 4.79 Å². The molecule has 1 heterocycles. The number of rotatable bonds is 2. The molecule has 1 aromatic carbocycles. The second kappa shape index (κ2) is 5.05. The molecule has 0 aromatic heterocycles. The van der Waals surface area contributed by atoms with Crippen molar-refractivity contribution in [2.75, 3.05) is 19.7 Å². The first-order valence-electron chi connectivity index (χ1n) is 5.24. The van der Waals surface area contributed by atoms with Crippen LogP contribution in [0.25, 0.3) is 0 Å². The number of benzene rings is 1. The van der Waals surface area contributed by atoms with Gasteiger partial charge in [0.15, 0.2) is 0 Å². The topological polar surface area (TPSA) is 38.3 Å². The molecule has 1 aromatic rings. The van der Waals surface area contributed by atoms with E-state index in [0.29, 0.717) is 6.61 Å². The van der Waals surface area contributed by atoms with Gasteiger partial charge in [0.1, 0.15) is 12.4 Å². The monoisotopic (exact) mass is 205 g/mol. The van der Waals surface area contributed by atoms with E-state index < -0.39 is 0 Å². The smallest absolute Gasteiger partial charge is 0.149 e. The average molecular weight is 205 g/mol. The van der Waals surface area contributed by atoms with E-state index in [1.165, 1.54) is 0 Å². The molecule has 2 atom stereocenters. The predicted octanol–water partition coefficient (Wildman–Crippen LogP) is 0.958. The molecule has 2 unspecified atom stereocenters. The van der Waals surface area contributed by atoms with Crippen LogP contribution >= 0.6 is 0 Å². The number of nitrogens with one attached hydrogen (secondary N) is 1. The quantitative estimate of drug-likeness (QED) is 0.731. The van der Waals surface area contributed by atoms with Crippen molar-refractivity contribution in [3.63, 3.8) is 0 Å². The van der Waals surface area contributed by atoms with Crippen LogP contribution in [-0.4, -0.2) is 32.1 Å². The molecular formula is C12H15NO2. The number of hydrogen-bond acceptors (Lipinski definition) is 3. The van der Waals surface area contributed by atoms with E-state index in [4.69, 9.17) is 4.74 Å². The van der Waals surface area contributed by atoms with Crippen LogP contribution in [0.4, 0.5) is 0 Å². The second-order valence-corrected chi connectivity index (χ2v) is 3.69. The van der Waals surface area contributed by atoms with Crippen LogP contribution in [0.15, 0.2) is 30.3 Å². The molecule has 3 heteroatoms. The molecule has 1 saturated heterocycles. The number of hydrogen-bond donors (Lipinski definition) is 1. The lowest BCUT2D eigenvalue weighted by atomic mass is 9.94. The van der Waals surface area contributed by atoms with Crippen LogP contribution in [0, 0.1) is 0 Å². The summed E-state index contributed by atoms with van der Waals surface area (Å²) in [5, 5.41) is 3.28. The molecule has 1 N–H and O–H groups in total. The zero-order valence-electron chi connectivity index (χ0n) is 8.56. The van der Waals surface area contributed by atoms with Crippen LogP contribution in [-0.2, 0) is 9.53 Å². The van der Waals surface area contributed by atoms with Gasteiger partial charge in [0, 0.05) is 19.0 Å². The second-order valence-electron chi connectivity index (χ2n) is 3.69. The van der Waals surface area contributed by atoms with Crippen molar-refractivity contribution in [1.29, 1.82) is 0 Å². The Bertz CT molecular complexity index is 313. The molecule has 0 saturated carbocycles. The molecular weight excluding hydrogens is 190 g/mol. The highest BCUT2D eigenvalue weighted by Gasteiger charge is 2.25. The van der Waals surface area contributed by atoms with Crippen LogP contribution in [0.1, 0.15) is 11.5 Å². The maximum atomic E-state index is 10.9. The van der Waals surface area contributed by atoms with Gasteiger partial charge >= 0.3 is 0 Å². The minimum atomic E-state index is -0.317. The molecule has 1 aliphatic rings. The zero-order chi connectivity index (χ0) is 10.5. The van der Waals surface area contributed by atoms with E-state index >= 15 is 0 Å². The van der Waals surface area contributed by atoms with Gasteiger partial charge < -0.3 is 14.8 Å². The van der Waals surface area contributed by atoms with Gasteiger partial charge in [-0.3, -0.25) is 0 Å². The number of carbonyl (C=O) groups is 1. The molecule has 0 bridgehead atoms. The number of ether oxygens (including phenoxy) is 1. The van der Waals surface area contributed by atoms with Gasteiger partial charge in [-0.25, -0.2) is 0 Å². The summed E-state index contributed by atoms with van der Waals surface area (Å²) < 4.78 is 5.49. The fraction of sp³-hybridized carbons (Fsp3) is 0.417. The van der Waals surface area contributed by atoms with Crippen LogP contribution in [0.2, 0.25) is 0 Å². The SMILES string of the molecule is O=CC1OCCNCC1c1ccccc1. The molecule has 0 aliphatic carbocycles. The third-order valence-electron chi connectivity index (χ3n) is 2.71. The van der Waals surface area contributed by atoms with E-state index in [1.54, 1.807) is 0 Å². The average Bonchev–Trinajstić information content (AvgIpc) is 2.55. The fourth-order valence-electron chi connectivity index (χ4n) is 1.90. The lowest BCUT2D eigenvalue weighted by molar-refractivity contribution is -0.118. The van der Waals surface area contributed by atoms with Crippen molar-refractivity contribution in [2.24, 2.45) is 0 Å². The summed E-state index contributed by atoms with van der Waals surface area (Å²) in [5.74, 6) is 0.131. The number of carbonyl (C=O) groups excluding carboxylic acids is 1. The summed E-state index contributed by atoms with van der Waals surface area (Å²) in [4.78, 5) is 10.9. The summed E-state index contributed by atoms with van der Waals surface area (Å²) >= 11 is 0. The lowest BCUT2D eigenvalue weighted by Gasteiger charge is -2.20. The Labute approximate surface area is 89.4 Å². The molecule has 1 fully saturated rings. The van der Waals surface area contributed by atoms with Gasteiger partial charge in [0.25, 0.3) is 0 Å². The van der Waals surface area contributed by atoms with Crippen LogP contribution < -0.4 is 5.32 Å². The molecule has 2 rings (SSSR count). The Kier molecular flexibility index (Phi) is 3.48. The van der Waals surface area contributed by atoms with E-state index in [-0.39, 0.29) is 12.0 Å². The first kappa shape index (κ1) is 10.3. The Balaban J connectivity index is 2.20. The first-order valence-corrected chi connectivity index (χ1v) is 5.24. The first-order chi connectivity index (χ1) is 7.42. The molecule has 3 nitrogen and oxygen atoms in total. The Morgan fingerprint density at radius 1 is 1.33 bits per heavy atom. The third kappa shape index (κ3) is 2.43. The van der Waals surface area contributed by atoms with Crippen molar-refractivity contribution in [3.05, 3.63) is 35.9 Å². The summed E-state index contributed by atoms with van der Waals surface area (Å²) in [5.41, 5.74) is 1.16. The standard InChI is InChI=1S/C12H15NO2/c14-9-12-11(8-13-6-7-15-12)10-4-2-1-3-5-10/h1-5,9,11-13H,6-8H2. The van der Waals surface area contributed by atoms with Crippen molar-refractivity contribution in [1.82, 2.24) is 5.32 Å². The highest BCUT2D eigenvalue weighted by Crippen LogP contribution is 2.21. The van der Waals surface area contributed by atoms with Gasteiger partial charge in [-0.1, -0.05) is 30.3 Å². The molecule has 1 aliphatic heterocycles.